The molecule has 0 bridgehead atoms. The minimum atomic E-state index is -0.133. The second kappa shape index (κ2) is 3.55. The second-order valence-electron chi connectivity index (χ2n) is 2.95. The van der Waals surface area contributed by atoms with Gasteiger partial charge in [0.2, 0.25) is 0 Å². The molecule has 0 aromatic carbocycles. The van der Waals surface area contributed by atoms with Crippen LogP contribution in [0.15, 0.2) is 18.5 Å². The van der Waals surface area contributed by atoms with Crippen molar-refractivity contribution in [1.82, 2.24) is 20.2 Å². The van der Waals surface area contributed by atoms with E-state index in [0.29, 0.717) is 11.6 Å². The van der Waals surface area contributed by atoms with Crippen LogP contribution in [0.1, 0.15) is 11.4 Å². The van der Waals surface area contributed by atoms with Crippen molar-refractivity contribution in [3.8, 4) is 11.4 Å². The Bertz CT molecular complexity index is 438. The number of aliphatic hydroxyl groups excluding tert-OH is 1. The van der Waals surface area contributed by atoms with Gasteiger partial charge in [-0.3, -0.25) is 10.1 Å². The quantitative estimate of drug-likeness (QED) is 0.729. The van der Waals surface area contributed by atoms with Crippen LogP contribution in [0.25, 0.3) is 11.4 Å². The Morgan fingerprint density at radius 1 is 1.50 bits per heavy atom. The Labute approximate surface area is 80.8 Å². The molecule has 2 heterocycles. The number of pyridine rings is 1. The molecule has 0 unspecified atom stereocenters. The topological polar surface area (TPSA) is 74.7 Å². The maximum atomic E-state index is 8.82. The number of aliphatic hydroxyl groups is 1. The van der Waals surface area contributed by atoms with Gasteiger partial charge in [0.05, 0.1) is 0 Å². The lowest BCUT2D eigenvalue weighted by Gasteiger charge is -1.97. The number of aryl methyl sites for hydroxylation is 1. The lowest BCUT2D eigenvalue weighted by molar-refractivity contribution is 0.272. The van der Waals surface area contributed by atoms with Crippen LogP contribution in [0.4, 0.5) is 0 Å². The molecule has 0 radical (unpaired) electrons. The monoisotopic (exact) mass is 190 g/mol. The van der Waals surface area contributed by atoms with Gasteiger partial charge in [0, 0.05) is 18.0 Å². The van der Waals surface area contributed by atoms with E-state index >= 15 is 0 Å². The standard InChI is InChI=1S/C9H10N4O/c1-6-2-3-10-4-7(6)9-11-8(5-14)12-13-9/h2-4,14H,5H2,1H3,(H,11,12,13). The number of nitrogens with zero attached hydrogens (tertiary/aromatic N) is 3. The maximum Gasteiger partial charge on any atom is 0.183 e. The fourth-order valence-corrected chi connectivity index (χ4v) is 1.18. The van der Waals surface area contributed by atoms with Crippen molar-refractivity contribution in [2.24, 2.45) is 0 Å². The molecule has 0 saturated heterocycles. The van der Waals surface area contributed by atoms with Gasteiger partial charge >= 0.3 is 0 Å². The molecular weight excluding hydrogens is 180 g/mol. The minimum Gasteiger partial charge on any atom is -0.388 e. The Kier molecular flexibility index (Phi) is 2.24. The number of hydrogen-bond donors (Lipinski definition) is 2. The minimum absolute atomic E-state index is 0.133. The molecule has 0 amide bonds. The summed E-state index contributed by atoms with van der Waals surface area (Å²) < 4.78 is 0. The highest BCUT2D eigenvalue weighted by molar-refractivity contribution is 5.57. The molecule has 2 aromatic heterocycles. The van der Waals surface area contributed by atoms with Gasteiger partial charge in [0.25, 0.3) is 0 Å². The highest BCUT2D eigenvalue weighted by Gasteiger charge is 2.07. The Hall–Kier alpha value is -1.75. The lowest BCUT2D eigenvalue weighted by Crippen LogP contribution is -1.87. The predicted octanol–water partition coefficient (Wildman–Crippen LogP) is 0.667. The number of aromatic nitrogens is 4. The van der Waals surface area contributed by atoms with Crippen molar-refractivity contribution in [1.29, 1.82) is 0 Å². The summed E-state index contributed by atoms with van der Waals surface area (Å²) in [4.78, 5) is 8.10. The van der Waals surface area contributed by atoms with Gasteiger partial charge in [0.1, 0.15) is 6.61 Å². The molecule has 2 aromatic rings. The molecule has 0 aliphatic rings. The average Bonchev–Trinajstić information content (AvgIpc) is 2.67. The SMILES string of the molecule is Cc1ccncc1-c1n[nH]c(CO)n1. The smallest absolute Gasteiger partial charge is 0.183 e. The van der Waals surface area contributed by atoms with Gasteiger partial charge in [-0.05, 0) is 18.6 Å². The van der Waals surface area contributed by atoms with Gasteiger partial charge in [-0.25, -0.2) is 4.98 Å². The highest BCUT2D eigenvalue weighted by atomic mass is 16.3. The van der Waals surface area contributed by atoms with Crippen molar-refractivity contribution in [2.75, 3.05) is 0 Å². The Morgan fingerprint density at radius 3 is 3.00 bits per heavy atom. The van der Waals surface area contributed by atoms with E-state index in [9.17, 15) is 0 Å². The summed E-state index contributed by atoms with van der Waals surface area (Å²) in [6.45, 7) is 1.83. The third-order valence-corrected chi connectivity index (χ3v) is 1.96. The normalized spacial score (nSPS) is 10.4. The first-order valence-corrected chi connectivity index (χ1v) is 4.24. The zero-order valence-corrected chi connectivity index (χ0v) is 7.73. The first-order valence-electron chi connectivity index (χ1n) is 4.24. The molecule has 5 heteroatoms. The molecule has 2 N–H and O–H groups in total. The summed E-state index contributed by atoms with van der Waals surface area (Å²) in [6, 6.07) is 1.89. The van der Waals surface area contributed by atoms with Crippen molar-refractivity contribution in [2.45, 2.75) is 13.5 Å². The van der Waals surface area contributed by atoms with Crippen molar-refractivity contribution in [3.63, 3.8) is 0 Å². The van der Waals surface area contributed by atoms with Crippen LogP contribution >= 0.6 is 0 Å². The van der Waals surface area contributed by atoms with Crippen LogP contribution in [-0.4, -0.2) is 25.3 Å². The zero-order chi connectivity index (χ0) is 9.97. The van der Waals surface area contributed by atoms with E-state index in [1.807, 2.05) is 13.0 Å². The summed E-state index contributed by atoms with van der Waals surface area (Å²) in [5.74, 6) is 1.03. The van der Waals surface area contributed by atoms with Crippen LogP contribution in [-0.2, 0) is 6.61 Å². The molecule has 0 aliphatic carbocycles. The molecule has 0 fully saturated rings. The van der Waals surface area contributed by atoms with E-state index in [4.69, 9.17) is 5.11 Å². The van der Waals surface area contributed by atoms with E-state index in [0.717, 1.165) is 11.1 Å². The predicted molar refractivity (Wildman–Crippen MR) is 50.3 cm³/mol. The zero-order valence-electron chi connectivity index (χ0n) is 7.73. The number of H-pyrrole nitrogens is 1. The molecule has 0 saturated carbocycles. The van der Waals surface area contributed by atoms with Gasteiger partial charge in [-0.15, -0.1) is 0 Å². The molecular formula is C9H10N4O. The molecule has 14 heavy (non-hydrogen) atoms. The summed E-state index contributed by atoms with van der Waals surface area (Å²) in [7, 11) is 0. The van der Waals surface area contributed by atoms with Gasteiger partial charge in [0.15, 0.2) is 11.6 Å². The summed E-state index contributed by atoms with van der Waals surface area (Å²) in [5, 5.41) is 15.4. The fourth-order valence-electron chi connectivity index (χ4n) is 1.18. The molecule has 0 aliphatic heterocycles. The Balaban J connectivity index is 2.44. The van der Waals surface area contributed by atoms with Crippen LogP contribution in [0.2, 0.25) is 0 Å². The van der Waals surface area contributed by atoms with Crippen molar-refractivity contribution < 1.29 is 5.11 Å². The molecule has 72 valence electrons. The van der Waals surface area contributed by atoms with Crippen LogP contribution in [0.3, 0.4) is 0 Å². The largest absolute Gasteiger partial charge is 0.388 e. The van der Waals surface area contributed by atoms with Crippen LogP contribution in [0, 0.1) is 6.92 Å². The number of hydrogen-bond acceptors (Lipinski definition) is 4. The van der Waals surface area contributed by atoms with E-state index in [2.05, 4.69) is 20.2 Å². The first kappa shape index (κ1) is 8.83. The van der Waals surface area contributed by atoms with Crippen LogP contribution in [0.5, 0.6) is 0 Å². The average molecular weight is 190 g/mol. The number of nitrogens with one attached hydrogen (secondary N) is 1. The molecule has 2 rings (SSSR count). The fraction of sp³-hybridized carbons (Fsp3) is 0.222. The third-order valence-electron chi connectivity index (χ3n) is 1.96. The third kappa shape index (κ3) is 1.49. The second-order valence-corrected chi connectivity index (χ2v) is 2.95. The number of rotatable bonds is 2. The van der Waals surface area contributed by atoms with Gasteiger partial charge < -0.3 is 5.11 Å². The molecule has 0 spiro atoms. The summed E-state index contributed by atoms with van der Waals surface area (Å²) >= 11 is 0. The van der Waals surface area contributed by atoms with Crippen molar-refractivity contribution >= 4 is 0 Å². The Morgan fingerprint density at radius 2 is 2.36 bits per heavy atom. The lowest BCUT2D eigenvalue weighted by atomic mass is 10.1. The van der Waals surface area contributed by atoms with E-state index in [1.165, 1.54) is 0 Å². The van der Waals surface area contributed by atoms with Gasteiger partial charge in [-0.1, -0.05) is 0 Å². The maximum absolute atomic E-state index is 8.82. The first-order chi connectivity index (χ1) is 6.81. The molecule has 5 nitrogen and oxygen atoms in total. The number of aromatic amines is 1. The van der Waals surface area contributed by atoms with E-state index in [1.54, 1.807) is 12.4 Å². The van der Waals surface area contributed by atoms with Crippen LogP contribution < -0.4 is 0 Å². The summed E-state index contributed by atoms with van der Waals surface area (Å²) in [5.41, 5.74) is 1.94. The van der Waals surface area contributed by atoms with Crippen molar-refractivity contribution in [3.05, 3.63) is 29.8 Å². The van der Waals surface area contributed by atoms with E-state index < -0.39 is 0 Å². The van der Waals surface area contributed by atoms with Gasteiger partial charge in [-0.2, -0.15) is 5.10 Å². The highest BCUT2D eigenvalue weighted by Crippen LogP contribution is 2.17. The molecule has 0 atom stereocenters. The van der Waals surface area contributed by atoms with E-state index in [-0.39, 0.29) is 6.61 Å². The summed E-state index contributed by atoms with van der Waals surface area (Å²) in [6.07, 6.45) is 3.43.